The van der Waals surface area contributed by atoms with Crippen LogP contribution in [0.1, 0.15) is 88.2 Å². The van der Waals surface area contributed by atoms with Gasteiger partial charge >= 0.3 is 11.9 Å². The third-order valence-electron chi connectivity index (χ3n) is 5.24. The maximum absolute atomic E-state index is 12.5. The van der Waals surface area contributed by atoms with E-state index in [9.17, 15) is 9.59 Å². The molecule has 0 aromatic heterocycles. The SMILES string of the molecule is CCC(C)OC(=O)C(CCC(=O)O)c1ccc(C2CCCCC2)cc1. The maximum atomic E-state index is 12.5. The first-order chi connectivity index (χ1) is 12.0. The summed E-state index contributed by atoms with van der Waals surface area (Å²) in [5, 5.41) is 8.98. The van der Waals surface area contributed by atoms with Gasteiger partial charge in [-0.2, -0.15) is 0 Å². The molecule has 25 heavy (non-hydrogen) atoms. The number of aliphatic carboxylic acids is 1. The fourth-order valence-corrected chi connectivity index (χ4v) is 3.49. The molecule has 0 saturated heterocycles. The molecule has 1 aliphatic rings. The Morgan fingerprint density at radius 3 is 2.36 bits per heavy atom. The summed E-state index contributed by atoms with van der Waals surface area (Å²) in [6.07, 6.45) is 7.20. The second-order valence-electron chi connectivity index (χ2n) is 7.14. The molecule has 0 amide bonds. The molecule has 2 atom stereocenters. The zero-order chi connectivity index (χ0) is 18.2. The minimum absolute atomic E-state index is 0.0371. The van der Waals surface area contributed by atoms with E-state index in [-0.39, 0.29) is 24.9 Å². The number of carbonyl (C=O) groups excluding carboxylic acids is 1. The van der Waals surface area contributed by atoms with E-state index >= 15 is 0 Å². The van der Waals surface area contributed by atoms with Crippen LogP contribution < -0.4 is 0 Å². The minimum Gasteiger partial charge on any atom is -0.481 e. The molecule has 1 aromatic carbocycles. The molecular weight excluding hydrogens is 316 g/mol. The minimum atomic E-state index is -0.889. The standard InChI is InChI=1S/C21H30O4/c1-3-15(2)25-21(24)19(13-14-20(22)23)18-11-9-17(10-12-18)16-7-5-4-6-8-16/h9-12,15-16,19H,3-8,13-14H2,1-2H3,(H,22,23). The molecule has 1 saturated carbocycles. The van der Waals surface area contributed by atoms with Crippen molar-refractivity contribution in [3.05, 3.63) is 35.4 Å². The van der Waals surface area contributed by atoms with Gasteiger partial charge in [0.15, 0.2) is 0 Å². The third kappa shape index (κ3) is 5.87. The molecular formula is C21H30O4. The first-order valence-electron chi connectivity index (χ1n) is 9.53. The summed E-state index contributed by atoms with van der Waals surface area (Å²) in [7, 11) is 0. The van der Waals surface area contributed by atoms with E-state index in [1.165, 1.54) is 37.7 Å². The molecule has 1 aromatic rings. The second-order valence-corrected chi connectivity index (χ2v) is 7.14. The van der Waals surface area contributed by atoms with Crippen molar-refractivity contribution in [2.24, 2.45) is 0 Å². The van der Waals surface area contributed by atoms with E-state index < -0.39 is 11.9 Å². The summed E-state index contributed by atoms with van der Waals surface area (Å²) < 4.78 is 5.46. The molecule has 2 rings (SSSR count). The molecule has 1 N–H and O–H groups in total. The predicted molar refractivity (Wildman–Crippen MR) is 97.7 cm³/mol. The molecule has 0 heterocycles. The van der Waals surface area contributed by atoms with Gasteiger partial charge in [0.1, 0.15) is 0 Å². The average molecular weight is 346 g/mol. The molecule has 2 unspecified atom stereocenters. The first-order valence-corrected chi connectivity index (χ1v) is 9.53. The van der Waals surface area contributed by atoms with Crippen molar-refractivity contribution < 1.29 is 19.4 Å². The monoisotopic (exact) mass is 346 g/mol. The van der Waals surface area contributed by atoms with Crippen LogP contribution in [0.5, 0.6) is 0 Å². The third-order valence-corrected chi connectivity index (χ3v) is 5.24. The number of carbonyl (C=O) groups is 2. The van der Waals surface area contributed by atoms with Crippen molar-refractivity contribution in [2.45, 2.75) is 83.2 Å². The molecule has 0 aliphatic heterocycles. The van der Waals surface area contributed by atoms with Gasteiger partial charge in [0.05, 0.1) is 12.0 Å². The van der Waals surface area contributed by atoms with Crippen molar-refractivity contribution in [2.75, 3.05) is 0 Å². The molecule has 1 fully saturated rings. The lowest BCUT2D eigenvalue weighted by Crippen LogP contribution is -2.22. The van der Waals surface area contributed by atoms with Crippen LogP contribution >= 0.6 is 0 Å². The summed E-state index contributed by atoms with van der Waals surface area (Å²) >= 11 is 0. The lowest BCUT2D eigenvalue weighted by Gasteiger charge is -2.23. The fourth-order valence-electron chi connectivity index (χ4n) is 3.49. The maximum Gasteiger partial charge on any atom is 0.313 e. The van der Waals surface area contributed by atoms with Gasteiger partial charge in [0.25, 0.3) is 0 Å². The van der Waals surface area contributed by atoms with Gasteiger partial charge in [0.2, 0.25) is 0 Å². The van der Waals surface area contributed by atoms with Crippen LogP contribution in [0.3, 0.4) is 0 Å². The Labute approximate surface area is 150 Å². The van der Waals surface area contributed by atoms with Crippen LogP contribution in [0.25, 0.3) is 0 Å². The Morgan fingerprint density at radius 1 is 1.16 bits per heavy atom. The second kappa shape index (κ2) is 9.59. The van der Waals surface area contributed by atoms with Gasteiger partial charge in [-0.25, -0.2) is 0 Å². The molecule has 0 radical (unpaired) electrons. The highest BCUT2D eigenvalue weighted by molar-refractivity contribution is 5.79. The van der Waals surface area contributed by atoms with Crippen LogP contribution in [0.4, 0.5) is 0 Å². The summed E-state index contributed by atoms with van der Waals surface area (Å²) in [5.74, 6) is -1.10. The van der Waals surface area contributed by atoms with Crippen LogP contribution in [0.2, 0.25) is 0 Å². The van der Waals surface area contributed by atoms with E-state index in [0.29, 0.717) is 5.92 Å². The van der Waals surface area contributed by atoms with Crippen LogP contribution in [-0.4, -0.2) is 23.1 Å². The highest BCUT2D eigenvalue weighted by atomic mass is 16.5. The number of rotatable bonds is 8. The largest absolute Gasteiger partial charge is 0.481 e. The van der Waals surface area contributed by atoms with Crippen LogP contribution in [0.15, 0.2) is 24.3 Å². The summed E-state index contributed by atoms with van der Waals surface area (Å²) in [6.45, 7) is 3.82. The number of hydrogen-bond acceptors (Lipinski definition) is 3. The van der Waals surface area contributed by atoms with Gasteiger partial charge in [0, 0.05) is 6.42 Å². The lowest BCUT2D eigenvalue weighted by atomic mass is 9.83. The molecule has 4 heteroatoms. The summed E-state index contributed by atoms with van der Waals surface area (Å²) in [5.41, 5.74) is 2.19. The molecule has 138 valence electrons. The average Bonchev–Trinajstić information content (AvgIpc) is 2.62. The van der Waals surface area contributed by atoms with E-state index in [1.54, 1.807) is 0 Å². The molecule has 1 aliphatic carbocycles. The zero-order valence-corrected chi connectivity index (χ0v) is 15.4. The number of benzene rings is 1. The van der Waals surface area contributed by atoms with E-state index in [0.717, 1.165) is 12.0 Å². The number of carboxylic acids is 1. The Kier molecular flexibility index (Phi) is 7.48. The number of carboxylic acid groups (broad SMARTS) is 1. The Morgan fingerprint density at radius 2 is 1.80 bits per heavy atom. The highest BCUT2D eigenvalue weighted by Crippen LogP contribution is 2.33. The molecule has 4 nitrogen and oxygen atoms in total. The van der Waals surface area contributed by atoms with Crippen molar-refractivity contribution in [3.8, 4) is 0 Å². The lowest BCUT2D eigenvalue weighted by molar-refractivity contribution is -0.150. The van der Waals surface area contributed by atoms with Gasteiger partial charge in [-0.15, -0.1) is 0 Å². The van der Waals surface area contributed by atoms with Gasteiger partial charge < -0.3 is 9.84 Å². The van der Waals surface area contributed by atoms with Gasteiger partial charge in [-0.05, 0) is 49.7 Å². The Balaban J connectivity index is 2.11. The van der Waals surface area contributed by atoms with Crippen molar-refractivity contribution in [3.63, 3.8) is 0 Å². The topological polar surface area (TPSA) is 63.6 Å². The van der Waals surface area contributed by atoms with Gasteiger partial charge in [-0.1, -0.05) is 50.5 Å². The fraction of sp³-hybridized carbons (Fsp3) is 0.619. The Hall–Kier alpha value is -1.84. The molecule has 0 spiro atoms. The smallest absolute Gasteiger partial charge is 0.313 e. The summed E-state index contributed by atoms with van der Waals surface area (Å²) in [4.78, 5) is 23.4. The quantitative estimate of drug-likeness (QED) is 0.671. The molecule has 0 bridgehead atoms. The van der Waals surface area contributed by atoms with Gasteiger partial charge in [-0.3, -0.25) is 9.59 Å². The van der Waals surface area contributed by atoms with E-state index in [4.69, 9.17) is 9.84 Å². The van der Waals surface area contributed by atoms with Crippen molar-refractivity contribution in [1.82, 2.24) is 0 Å². The normalized spacial score (nSPS) is 17.7. The highest BCUT2D eigenvalue weighted by Gasteiger charge is 2.25. The first kappa shape index (κ1) is 19.5. The number of hydrogen-bond donors (Lipinski definition) is 1. The number of esters is 1. The van der Waals surface area contributed by atoms with Crippen LogP contribution in [0, 0.1) is 0 Å². The van der Waals surface area contributed by atoms with E-state index in [1.807, 2.05) is 26.0 Å². The summed E-state index contributed by atoms with van der Waals surface area (Å²) in [6, 6.07) is 8.17. The van der Waals surface area contributed by atoms with E-state index in [2.05, 4.69) is 12.1 Å². The predicted octanol–water partition coefficient (Wildman–Crippen LogP) is 5.02. The van der Waals surface area contributed by atoms with Crippen LogP contribution in [-0.2, 0) is 14.3 Å². The number of ether oxygens (including phenoxy) is 1. The zero-order valence-electron chi connectivity index (χ0n) is 15.4. The van der Waals surface area contributed by atoms with Crippen molar-refractivity contribution >= 4 is 11.9 Å². The Bertz CT molecular complexity index is 558. The van der Waals surface area contributed by atoms with Crippen molar-refractivity contribution in [1.29, 1.82) is 0 Å².